The molecule has 1 aliphatic rings. The maximum Gasteiger partial charge on any atom is 0.461 e. The van der Waals surface area contributed by atoms with Gasteiger partial charge >= 0.3 is 12.5 Å². The van der Waals surface area contributed by atoms with Gasteiger partial charge in [0.1, 0.15) is 5.75 Å². The molecule has 9 heteroatoms. The van der Waals surface area contributed by atoms with Crippen molar-refractivity contribution in [3.8, 4) is 5.75 Å². The first-order chi connectivity index (χ1) is 11.5. The highest BCUT2D eigenvalue weighted by molar-refractivity contribution is 5.85. The van der Waals surface area contributed by atoms with E-state index in [4.69, 9.17) is 0 Å². The number of alkyl halides is 4. The number of piperazine rings is 1. The van der Waals surface area contributed by atoms with Crippen LogP contribution in [-0.2, 0) is 0 Å². The molecular weight excluding hydrogens is 395 g/mol. The Bertz CT molecular complexity index is 517. The summed E-state index contributed by atoms with van der Waals surface area (Å²) in [4.78, 5) is 2.20. The van der Waals surface area contributed by atoms with Crippen LogP contribution >= 0.6 is 24.8 Å². The molecule has 1 aromatic carbocycles. The van der Waals surface area contributed by atoms with Crippen molar-refractivity contribution in [1.82, 2.24) is 10.2 Å². The molecule has 0 spiro atoms. The van der Waals surface area contributed by atoms with E-state index in [-0.39, 0.29) is 36.6 Å². The Labute approximate surface area is 164 Å². The first kappa shape index (κ1) is 25.2. The number of nitrogens with zero attached hydrogens (tertiary/aromatic N) is 1. The average molecular weight is 421 g/mol. The fourth-order valence-electron chi connectivity index (χ4n) is 2.97. The molecule has 1 aromatic rings. The summed E-state index contributed by atoms with van der Waals surface area (Å²) in [6.45, 7) is 5.27. The lowest BCUT2D eigenvalue weighted by Gasteiger charge is -2.36. The predicted octanol–water partition coefficient (Wildman–Crippen LogP) is 4.90. The number of hydrogen-bond donors (Lipinski definition) is 1. The van der Waals surface area contributed by atoms with Crippen LogP contribution in [0.3, 0.4) is 0 Å². The second kappa shape index (κ2) is 11.8. The van der Waals surface area contributed by atoms with Crippen molar-refractivity contribution in [2.24, 2.45) is 0 Å². The minimum atomic E-state index is -4.49. The van der Waals surface area contributed by atoms with E-state index in [1.807, 2.05) is 0 Å². The predicted molar refractivity (Wildman–Crippen MR) is 99.2 cm³/mol. The van der Waals surface area contributed by atoms with Gasteiger partial charge in [-0.1, -0.05) is 38.0 Å². The van der Waals surface area contributed by atoms with Gasteiger partial charge in [0.05, 0.1) is 0 Å². The van der Waals surface area contributed by atoms with Crippen LogP contribution in [0.4, 0.5) is 17.6 Å². The summed E-state index contributed by atoms with van der Waals surface area (Å²) in [6, 6.07) is 6.17. The smallest absolute Gasteiger partial charge is 0.428 e. The average Bonchev–Trinajstić information content (AvgIpc) is 2.57. The third-order valence-electron chi connectivity index (χ3n) is 4.20. The highest BCUT2D eigenvalue weighted by Crippen LogP contribution is 2.37. The molecule has 1 fully saturated rings. The number of rotatable bonds is 8. The molecule has 3 nitrogen and oxygen atoms in total. The topological polar surface area (TPSA) is 24.5 Å². The van der Waals surface area contributed by atoms with Crippen LogP contribution in [0.15, 0.2) is 24.3 Å². The molecule has 0 aliphatic carbocycles. The van der Waals surface area contributed by atoms with E-state index in [0.29, 0.717) is 5.56 Å². The molecular formula is C17H26Cl2F4N2O. The van der Waals surface area contributed by atoms with Gasteiger partial charge < -0.3 is 10.1 Å². The van der Waals surface area contributed by atoms with Gasteiger partial charge in [-0.05, 0) is 12.5 Å². The van der Waals surface area contributed by atoms with Crippen LogP contribution in [0.1, 0.15) is 37.8 Å². The molecule has 1 aliphatic heterocycles. The molecule has 0 aromatic heterocycles. The molecule has 152 valence electrons. The van der Waals surface area contributed by atoms with Gasteiger partial charge in [0.2, 0.25) is 0 Å². The lowest BCUT2D eigenvalue weighted by atomic mass is 9.98. The number of nitrogens with one attached hydrogen (secondary N) is 1. The summed E-state index contributed by atoms with van der Waals surface area (Å²) in [5.41, 5.74) is 0.549. The van der Waals surface area contributed by atoms with Crippen LogP contribution in [0.5, 0.6) is 5.75 Å². The fourth-order valence-corrected chi connectivity index (χ4v) is 2.97. The van der Waals surface area contributed by atoms with Crippen LogP contribution in [0.2, 0.25) is 0 Å². The Balaban J connectivity index is 0.00000312. The third kappa shape index (κ3) is 6.76. The second-order valence-corrected chi connectivity index (χ2v) is 5.95. The summed E-state index contributed by atoms with van der Waals surface area (Å²) < 4.78 is 56.2. The van der Waals surface area contributed by atoms with E-state index in [0.717, 1.165) is 45.4 Å². The van der Waals surface area contributed by atoms with Crippen LogP contribution in [-0.4, -0.2) is 43.6 Å². The molecule has 26 heavy (non-hydrogen) atoms. The molecule has 0 amide bonds. The number of ether oxygens (including phenoxy) is 1. The van der Waals surface area contributed by atoms with Crippen LogP contribution in [0.25, 0.3) is 0 Å². The van der Waals surface area contributed by atoms with E-state index in [2.05, 4.69) is 21.9 Å². The quantitative estimate of drug-likeness (QED) is 0.605. The lowest BCUT2D eigenvalue weighted by molar-refractivity contribution is -0.253. The van der Waals surface area contributed by atoms with Crippen molar-refractivity contribution >= 4 is 24.8 Å². The Morgan fingerprint density at radius 2 is 1.77 bits per heavy atom. The van der Waals surface area contributed by atoms with E-state index in [1.165, 1.54) is 12.1 Å². The maximum absolute atomic E-state index is 13.4. The van der Waals surface area contributed by atoms with Crippen molar-refractivity contribution in [2.75, 3.05) is 26.2 Å². The van der Waals surface area contributed by atoms with Gasteiger partial charge in [0.15, 0.2) is 0 Å². The molecule has 1 heterocycles. The van der Waals surface area contributed by atoms with E-state index in [9.17, 15) is 17.6 Å². The summed E-state index contributed by atoms with van der Waals surface area (Å²) in [6.07, 6.45) is -5.68. The monoisotopic (exact) mass is 420 g/mol. The molecule has 1 N–H and O–H groups in total. The van der Waals surface area contributed by atoms with Gasteiger partial charge in [0, 0.05) is 37.8 Å². The highest BCUT2D eigenvalue weighted by Gasteiger charge is 2.44. The van der Waals surface area contributed by atoms with E-state index in [1.54, 1.807) is 12.1 Å². The minimum absolute atomic E-state index is 0. The van der Waals surface area contributed by atoms with Crippen LogP contribution in [0, 0.1) is 0 Å². The molecule has 1 atom stereocenters. The second-order valence-electron chi connectivity index (χ2n) is 5.95. The standard InChI is InChI=1S/C17H24F4N2O.2ClH/c1-2-3-7-14(23-11-9-22-10-12-23)13-6-4-5-8-15(13)24-17(20,21)16(18)19;;/h4-6,8,14,16,22H,2-3,7,9-12H2,1H3;2*1H/t14-;;/m1../s1. The molecule has 1 saturated heterocycles. The Morgan fingerprint density at radius 1 is 1.15 bits per heavy atom. The molecule has 0 saturated carbocycles. The zero-order chi connectivity index (χ0) is 17.6. The number of para-hydroxylation sites is 1. The molecule has 0 bridgehead atoms. The molecule has 0 unspecified atom stereocenters. The van der Waals surface area contributed by atoms with Crippen molar-refractivity contribution in [2.45, 2.75) is 44.8 Å². The number of unbranched alkanes of at least 4 members (excludes halogenated alkanes) is 1. The first-order valence-electron chi connectivity index (χ1n) is 8.34. The van der Waals surface area contributed by atoms with Gasteiger partial charge in [-0.3, -0.25) is 4.90 Å². The van der Waals surface area contributed by atoms with E-state index >= 15 is 0 Å². The Morgan fingerprint density at radius 3 is 2.35 bits per heavy atom. The summed E-state index contributed by atoms with van der Waals surface area (Å²) >= 11 is 0. The van der Waals surface area contributed by atoms with Gasteiger partial charge in [0.25, 0.3) is 0 Å². The van der Waals surface area contributed by atoms with Gasteiger partial charge in [-0.25, -0.2) is 0 Å². The SMILES string of the molecule is CCCC[C@H](c1ccccc1OC(F)(F)C(F)F)N1CCNCC1.Cl.Cl. The first-order valence-corrected chi connectivity index (χ1v) is 8.34. The fraction of sp³-hybridized carbons (Fsp3) is 0.647. The van der Waals surface area contributed by atoms with Crippen molar-refractivity contribution in [1.29, 1.82) is 0 Å². The van der Waals surface area contributed by atoms with E-state index < -0.39 is 12.5 Å². The number of hydrogen-bond acceptors (Lipinski definition) is 3. The summed E-state index contributed by atoms with van der Waals surface area (Å²) in [5, 5.41) is 3.25. The van der Waals surface area contributed by atoms with Crippen molar-refractivity contribution in [3.63, 3.8) is 0 Å². The zero-order valence-electron chi connectivity index (χ0n) is 14.6. The third-order valence-corrected chi connectivity index (χ3v) is 4.20. The Kier molecular flexibility index (Phi) is 11.5. The van der Waals surface area contributed by atoms with Crippen molar-refractivity contribution in [3.05, 3.63) is 29.8 Å². The number of halogens is 6. The molecule has 2 rings (SSSR count). The van der Waals surface area contributed by atoms with Crippen molar-refractivity contribution < 1.29 is 22.3 Å². The van der Waals surface area contributed by atoms with Crippen LogP contribution < -0.4 is 10.1 Å². The Hall–Kier alpha value is -0.760. The number of benzene rings is 1. The van der Waals surface area contributed by atoms with Gasteiger partial charge in [-0.2, -0.15) is 17.6 Å². The van der Waals surface area contributed by atoms with Gasteiger partial charge in [-0.15, -0.1) is 24.8 Å². The maximum atomic E-state index is 13.4. The molecule has 0 radical (unpaired) electrons. The lowest BCUT2D eigenvalue weighted by Crippen LogP contribution is -2.45. The largest absolute Gasteiger partial charge is 0.461 e. The highest BCUT2D eigenvalue weighted by atomic mass is 35.5. The minimum Gasteiger partial charge on any atom is -0.428 e. The normalized spacial score (nSPS) is 16.5. The zero-order valence-corrected chi connectivity index (χ0v) is 16.2. The summed E-state index contributed by atoms with van der Waals surface area (Å²) in [5.74, 6) is -0.164. The summed E-state index contributed by atoms with van der Waals surface area (Å²) in [7, 11) is 0.